The average Bonchev–Trinajstić information content (AvgIpc) is 3.01. The summed E-state index contributed by atoms with van der Waals surface area (Å²) in [4.78, 5) is 20.9. The summed E-state index contributed by atoms with van der Waals surface area (Å²) in [6.45, 7) is 7.56. The van der Waals surface area contributed by atoms with Gasteiger partial charge in [-0.15, -0.1) is 0 Å². The molecule has 230 valence electrons. The highest BCUT2D eigenvalue weighted by atomic mass is 32.2. The Morgan fingerprint density at radius 3 is 2.21 bits per heavy atom. The van der Waals surface area contributed by atoms with Crippen LogP contribution in [0.2, 0.25) is 0 Å². The van der Waals surface area contributed by atoms with Gasteiger partial charge in [0.15, 0.2) is 6.10 Å². The van der Waals surface area contributed by atoms with Gasteiger partial charge in [-0.05, 0) is 74.5 Å². The zero-order chi connectivity index (χ0) is 30.4. The van der Waals surface area contributed by atoms with Crippen LogP contribution in [0.5, 0.6) is 11.5 Å². The maximum atomic E-state index is 13.5. The van der Waals surface area contributed by atoms with E-state index in [1.165, 1.54) is 17.8 Å². The van der Waals surface area contributed by atoms with Crippen LogP contribution in [0.4, 0.5) is 24.5 Å². The van der Waals surface area contributed by atoms with E-state index in [-0.39, 0.29) is 0 Å². The number of carbonyl (C=O) groups excluding carboxylic acids is 1. The number of methoxy groups -OCH3 is 1. The molecule has 0 bridgehead atoms. The maximum Gasteiger partial charge on any atom is 0.416 e. The highest BCUT2D eigenvalue weighted by Gasteiger charge is 2.33. The Morgan fingerprint density at radius 1 is 0.860 bits per heavy atom. The van der Waals surface area contributed by atoms with Crippen molar-refractivity contribution >= 4 is 29.1 Å². The van der Waals surface area contributed by atoms with Crippen molar-refractivity contribution in [1.29, 1.82) is 0 Å². The number of nitrogens with zero attached hydrogens (tertiary/aromatic N) is 3. The van der Waals surface area contributed by atoms with E-state index in [9.17, 15) is 18.0 Å². The number of piperazine rings is 1. The van der Waals surface area contributed by atoms with Gasteiger partial charge in [-0.3, -0.25) is 4.90 Å². The third-order valence-corrected chi connectivity index (χ3v) is 8.76. The summed E-state index contributed by atoms with van der Waals surface area (Å²) in [5, 5.41) is 0. The molecule has 0 spiro atoms. The zero-order valence-electron chi connectivity index (χ0n) is 24.3. The number of benzene rings is 3. The van der Waals surface area contributed by atoms with Crippen molar-refractivity contribution in [2.45, 2.75) is 35.4 Å². The molecule has 5 rings (SSSR count). The summed E-state index contributed by atoms with van der Waals surface area (Å²) in [5.74, 6) is 0.874. The second kappa shape index (κ2) is 13.9. The maximum absolute atomic E-state index is 13.5. The first-order valence-corrected chi connectivity index (χ1v) is 15.2. The van der Waals surface area contributed by atoms with Gasteiger partial charge >= 0.3 is 12.1 Å². The van der Waals surface area contributed by atoms with Gasteiger partial charge in [0.05, 0.1) is 24.0 Å². The molecule has 0 aliphatic carbocycles. The van der Waals surface area contributed by atoms with Crippen molar-refractivity contribution in [3.8, 4) is 11.5 Å². The first-order chi connectivity index (χ1) is 20.7. The van der Waals surface area contributed by atoms with Crippen molar-refractivity contribution in [2.75, 3.05) is 64.4 Å². The third kappa shape index (κ3) is 7.95. The van der Waals surface area contributed by atoms with Gasteiger partial charge in [-0.2, -0.15) is 13.2 Å². The number of hydrogen-bond donors (Lipinski definition) is 0. The Bertz CT molecular complexity index is 1380. The van der Waals surface area contributed by atoms with Crippen LogP contribution in [-0.2, 0) is 15.7 Å². The molecule has 2 heterocycles. The topological polar surface area (TPSA) is 54.5 Å². The molecule has 0 radical (unpaired) electrons. The van der Waals surface area contributed by atoms with E-state index in [0.29, 0.717) is 36.9 Å². The van der Waals surface area contributed by atoms with Crippen LogP contribution in [0.15, 0.2) is 76.5 Å². The van der Waals surface area contributed by atoms with Crippen LogP contribution in [-0.4, -0.2) is 81.4 Å². The summed E-state index contributed by atoms with van der Waals surface area (Å²) in [6.07, 6.45) is -4.29. The van der Waals surface area contributed by atoms with E-state index < -0.39 is 23.8 Å². The summed E-state index contributed by atoms with van der Waals surface area (Å²) in [5.41, 5.74) is 0.932. The number of hydrogen-bond acceptors (Lipinski definition) is 8. The standard InChI is InChI=1S/C32H36F3N3O4S/c1-23(42-26-11-9-25(40-2)10-12-26)31(39)41-21-20-37-18-16-36(17-19-37)14-5-15-38-27-6-3-4-7-29(27)43-30-13-8-24(22-28(30)38)32(33,34)35/h3-4,6-13,22-23H,5,14-21H2,1-2H3. The first-order valence-electron chi connectivity index (χ1n) is 14.4. The van der Waals surface area contributed by atoms with Crippen LogP contribution < -0.4 is 14.4 Å². The highest BCUT2D eigenvalue weighted by Crippen LogP contribution is 2.49. The van der Waals surface area contributed by atoms with E-state index in [1.807, 2.05) is 29.2 Å². The molecule has 43 heavy (non-hydrogen) atoms. The Hall–Kier alpha value is -3.41. The molecule has 3 aromatic carbocycles. The van der Waals surface area contributed by atoms with Gasteiger partial charge in [0, 0.05) is 49.1 Å². The number of alkyl halides is 3. The molecule has 3 aromatic rings. The van der Waals surface area contributed by atoms with Gasteiger partial charge in [0.25, 0.3) is 0 Å². The van der Waals surface area contributed by atoms with Crippen molar-refractivity contribution in [3.63, 3.8) is 0 Å². The second-order valence-corrected chi connectivity index (χ2v) is 11.6. The smallest absolute Gasteiger partial charge is 0.416 e. The van der Waals surface area contributed by atoms with E-state index >= 15 is 0 Å². The number of anilines is 2. The monoisotopic (exact) mass is 615 g/mol. The Balaban J connectivity index is 1.05. The normalized spacial score (nSPS) is 16.3. The van der Waals surface area contributed by atoms with Crippen LogP contribution in [0.1, 0.15) is 18.9 Å². The molecular formula is C32H36F3N3O4S. The predicted octanol–water partition coefficient (Wildman–Crippen LogP) is 6.34. The van der Waals surface area contributed by atoms with Crippen molar-refractivity contribution in [3.05, 3.63) is 72.3 Å². The molecule has 1 unspecified atom stereocenters. The third-order valence-electron chi connectivity index (χ3n) is 7.63. The number of ether oxygens (including phenoxy) is 3. The summed E-state index contributed by atoms with van der Waals surface area (Å²) >= 11 is 1.51. The lowest BCUT2D eigenvalue weighted by Gasteiger charge is -2.36. The highest BCUT2D eigenvalue weighted by molar-refractivity contribution is 7.99. The number of rotatable bonds is 11. The number of carbonyl (C=O) groups is 1. The second-order valence-electron chi connectivity index (χ2n) is 10.5. The van der Waals surface area contributed by atoms with E-state index in [0.717, 1.165) is 60.7 Å². The molecule has 1 saturated heterocycles. The summed E-state index contributed by atoms with van der Waals surface area (Å²) < 4.78 is 56.7. The number of esters is 1. The Labute approximate surface area is 254 Å². The van der Waals surface area contributed by atoms with Crippen molar-refractivity contribution in [1.82, 2.24) is 9.80 Å². The first kappa shape index (κ1) is 31.0. The minimum absolute atomic E-state index is 0.293. The van der Waals surface area contributed by atoms with Crippen LogP contribution in [0.3, 0.4) is 0 Å². The fraction of sp³-hybridized carbons (Fsp3) is 0.406. The van der Waals surface area contributed by atoms with Gasteiger partial charge in [0.1, 0.15) is 18.1 Å². The fourth-order valence-electron chi connectivity index (χ4n) is 5.23. The Kier molecular flexibility index (Phi) is 10.0. The van der Waals surface area contributed by atoms with Gasteiger partial charge in [0.2, 0.25) is 0 Å². The lowest BCUT2D eigenvalue weighted by atomic mass is 10.1. The zero-order valence-corrected chi connectivity index (χ0v) is 25.1. The lowest BCUT2D eigenvalue weighted by molar-refractivity contribution is -0.151. The lowest BCUT2D eigenvalue weighted by Crippen LogP contribution is -2.48. The SMILES string of the molecule is COc1ccc(OC(C)C(=O)OCCN2CCN(CCCN3c4ccccc4Sc4ccc(C(F)(F)F)cc43)CC2)cc1. The van der Waals surface area contributed by atoms with Crippen molar-refractivity contribution in [2.24, 2.45) is 0 Å². The number of halogens is 3. The molecule has 0 amide bonds. The van der Waals surface area contributed by atoms with E-state index in [2.05, 4.69) is 9.80 Å². The average molecular weight is 616 g/mol. The molecule has 2 aliphatic heterocycles. The largest absolute Gasteiger partial charge is 0.497 e. The minimum atomic E-state index is -4.39. The molecule has 0 aromatic heterocycles. The number of fused-ring (bicyclic) bond motifs is 2. The fourth-order valence-corrected chi connectivity index (χ4v) is 6.31. The van der Waals surface area contributed by atoms with Crippen LogP contribution >= 0.6 is 11.8 Å². The molecule has 2 aliphatic rings. The molecule has 1 fully saturated rings. The molecule has 7 nitrogen and oxygen atoms in total. The van der Waals surface area contributed by atoms with Crippen LogP contribution in [0, 0.1) is 0 Å². The molecular weight excluding hydrogens is 579 g/mol. The summed E-state index contributed by atoms with van der Waals surface area (Å²) in [7, 11) is 1.59. The van der Waals surface area contributed by atoms with Crippen molar-refractivity contribution < 1.29 is 32.2 Å². The molecule has 11 heteroatoms. The Morgan fingerprint density at radius 2 is 1.51 bits per heavy atom. The predicted molar refractivity (Wildman–Crippen MR) is 161 cm³/mol. The van der Waals surface area contributed by atoms with Gasteiger partial charge in [-0.1, -0.05) is 23.9 Å². The number of para-hydroxylation sites is 1. The van der Waals surface area contributed by atoms with Gasteiger partial charge in [-0.25, -0.2) is 4.79 Å². The van der Waals surface area contributed by atoms with E-state index in [4.69, 9.17) is 14.2 Å². The minimum Gasteiger partial charge on any atom is -0.497 e. The molecule has 1 atom stereocenters. The summed E-state index contributed by atoms with van der Waals surface area (Å²) in [6, 6.07) is 18.9. The van der Waals surface area contributed by atoms with E-state index in [1.54, 1.807) is 44.4 Å². The molecule has 0 saturated carbocycles. The van der Waals surface area contributed by atoms with Crippen LogP contribution in [0.25, 0.3) is 0 Å². The van der Waals surface area contributed by atoms with Gasteiger partial charge < -0.3 is 24.0 Å². The molecule has 0 N–H and O–H groups in total. The quantitative estimate of drug-likeness (QED) is 0.232.